The second-order valence-electron chi connectivity index (χ2n) is 15.3. The van der Waals surface area contributed by atoms with Gasteiger partial charge in [-0.2, -0.15) is 0 Å². The zero-order valence-corrected chi connectivity index (χ0v) is 34.7. The van der Waals surface area contributed by atoms with Crippen LogP contribution in [0.5, 0.6) is 0 Å². The Balaban J connectivity index is 0.971. The molecule has 0 unspecified atom stereocenters. The lowest BCUT2D eigenvalue weighted by Gasteiger charge is -2.15. The summed E-state index contributed by atoms with van der Waals surface area (Å²) in [6.07, 6.45) is 10.6. The number of hydrogen-bond acceptors (Lipinski definition) is 5. The topological polar surface area (TPSA) is 63.8 Å². The summed E-state index contributed by atoms with van der Waals surface area (Å²) in [4.78, 5) is 15.2. The molecule has 0 spiro atoms. The van der Waals surface area contributed by atoms with Crippen molar-refractivity contribution in [1.82, 2.24) is 15.0 Å². The third-order valence-electron chi connectivity index (χ3n) is 11.1. The molecule has 0 saturated heterocycles. The van der Waals surface area contributed by atoms with Crippen molar-refractivity contribution in [2.75, 3.05) is 5.32 Å². The van der Waals surface area contributed by atoms with Crippen LogP contribution in [0.4, 0.5) is 11.4 Å². The van der Waals surface area contributed by atoms with Gasteiger partial charge in [-0.05, 0) is 88.8 Å². The number of para-hydroxylation sites is 1. The lowest BCUT2D eigenvalue weighted by atomic mass is 10.00. The van der Waals surface area contributed by atoms with E-state index < -0.39 is 0 Å². The van der Waals surface area contributed by atoms with Crippen LogP contribution in [0, 0.1) is 0 Å². The van der Waals surface area contributed by atoms with E-state index in [-0.39, 0.29) is 0 Å². The van der Waals surface area contributed by atoms with Crippen molar-refractivity contribution in [3.8, 4) is 56.4 Å². The minimum absolute atomic E-state index is 0.597. The zero-order chi connectivity index (χ0) is 42.4. The Kier molecular flexibility index (Phi) is 10.9. The normalized spacial score (nSPS) is 11.9. The van der Waals surface area contributed by atoms with Gasteiger partial charge in [-0.3, -0.25) is 0 Å². The third-order valence-corrected chi connectivity index (χ3v) is 11.1. The van der Waals surface area contributed by atoms with E-state index >= 15 is 0 Å². The molecular formula is C58H42N4O. The first-order chi connectivity index (χ1) is 31.1. The molecule has 5 heteroatoms. The Labute approximate surface area is 367 Å². The number of rotatable bonds is 11. The molecule has 0 saturated carbocycles. The van der Waals surface area contributed by atoms with Crippen molar-refractivity contribution in [2.24, 2.45) is 0 Å². The molecule has 8 aromatic carbocycles. The van der Waals surface area contributed by atoms with Gasteiger partial charge in [0.1, 0.15) is 11.2 Å². The van der Waals surface area contributed by atoms with E-state index in [2.05, 4.69) is 170 Å². The number of furan rings is 1. The number of hydrogen-bond donors (Lipinski definition) is 1. The molecule has 2 aromatic heterocycles. The van der Waals surface area contributed by atoms with Gasteiger partial charge in [-0.1, -0.05) is 182 Å². The summed E-state index contributed by atoms with van der Waals surface area (Å²) in [5.74, 6) is 1.81. The first-order valence-corrected chi connectivity index (χ1v) is 21.1. The molecule has 1 N–H and O–H groups in total. The number of benzene rings is 8. The van der Waals surface area contributed by atoms with Crippen molar-refractivity contribution in [3.63, 3.8) is 0 Å². The van der Waals surface area contributed by atoms with E-state index in [1.54, 1.807) is 0 Å². The number of anilines is 2. The number of allylic oxidation sites excluding steroid dienone is 5. The van der Waals surface area contributed by atoms with Crippen LogP contribution >= 0.6 is 0 Å². The van der Waals surface area contributed by atoms with Gasteiger partial charge in [-0.25, -0.2) is 15.0 Å². The van der Waals surface area contributed by atoms with Crippen molar-refractivity contribution in [2.45, 2.75) is 6.92 Å². The molecule has 0 aliphatic rings. The molecule has 0 bridgehead atoms. The molecule has 0 aliphatic carbocycles. The molecule has 0 atom stereocenters. The van der Waals surface area contributed by atoms with Gasteiger partial charge in [0, 0.05) is 44.4 Å². The van der Waals surface area contributed by atoms with Crippen LogP contribution in [-0.4, -0.2) is 15.0 Å². The van der Waals surface area contributed by atoms with Crippen LogP contribution in [0.2, 0.25) is 0 Å². The summed E-state index contributed by atoms with van der Waals surface area (Å²) in [7, 11) is 0. The predicted molar refractivity (Wildman–Crippen MR) is 262 cm³/mol. The Morgan fingerprint density at radius 2 is 1.06 bits per heavy atom. The number of nitrogens with one attached hydrogen (secondary N) is 1. The summed E-state index contributed by atoms with van der Waals surface area (Å²) in [6, 6.07) is 68.8. The summed E-state index contributed by atoms with van der Waals surface area (Å²) in [6.45, 7) is 2.07. The van der Waals surface area contributed by atoms with E-state index in [0.29, 0.717) is 17.5 Å². The second-order valence-corrected chi connectivity index (χ2v) is 15.3. The largest absolute Gasteiger partial charge is 0.456 e. The van der Waals surface area contributed by atoms with Gasteiger partial charge in [-0.15, -0.1) is 0 Å². The lowest BCUT2D eigenvalue weighted by molar-refractivity contribution is 0.669. The monoisotopic (exact) mass is 810 g/mol. The SMILES string of the molecule is C\C=C(/C=C\C=C\c1ccc(-c2ccccc2)c(Nc2cccc(-c3cccc(-c4nc(-c5ccccc5)nc(-c5ccc6oc7ccccc7c6c5)n4)c3)c2)c1)c1ccccc1. The van der Waals surface area contributed by atoms with E-state index in [0.717, 1.165) is 77.8 Å². The highest BCUT2D eigenvalue weighted by Crippen LogP contribution is 2.36. The molecule has 63 heavy (non-hydrogen) atoms. The summed E-state index contributed by atoms with van der Waals surface area (Å²) in [5, 5.41) is 5.86. The summed E-state index contributed by atoms with van der Waals surface area (Å²) >= 11 is 0. The van der Waals surface area contributed by atoms with Gasteiger partial charge in [0.15, 0.2) is 17.5 Å². The van der Waals surface area contributed by atoms with Gasteiger partial charge < -0.3 is 9.73 Å². The average Bonchev–Trinajstić information content (AvgIpc) is 3.73. The fourth-order valence-electron chi connectivity index (χ4n) is 7.94. The summed E-state index contributed by atoms with van der Waals surface area (Å²) < 4.78 is 6.13. The van der Waals surface area contributed by atoms with Crippen LogP contribution in [-0.2, 0) is 0 Å². The van der Waals surface area contributed by atoms with Crippen LogP contribution in [0.25, 0.3) is 90.0 Å². The second kappa shape index (κ2) is 17.7. The predicted octanol–water partition coefficient (Wildman–Crippen LogP) is 15.5. The first-order valence-electron chi connectivity index (χ1n) is 21.1. The molecule has 0 aliphatic heterocycles. The highest BCUT2D eigenvalue weighted by molar-refractivity contribution is 6.06. The van der Waals surface area contributed by atoms with E-state index in [9.17, 15) is 0 Å². The molecule has 5 nitrogen and oxygen atoms in total. The van der Waals surface area contributed by atoms with Crippen LogP contribution in [0.3, 0.4) is 0 Å². The maximum Gasteiger partial charge on any atom is 0.164 e. The number of fused-ring (bicyclic) bond motifs is 3. The molecule has 10 rings (SSSR count). The molecule has 0 radical (unpaired) electrons. The molecule has 10 aromatic rings. The van der Waals surface area contributed by atoms with Gasteiger partial charge in [0.2, 0.25) is 0 Å². The minimum atomic E-state index is 0.597. The quantitative estimate of drug-likeness (QED) is 0.132. The molecule has 0 fully saturated rings. The van der Waals surface area contributed by atoms with Gasteiger partial charge >= 0.3 is 0 Å². The highest BCUT2D eigenvalue weighted by Gasteiger charge is 2.16. The third kappa shape index (κ3) is 8.49. The van der Waals surface area contributed by atoms with Crippen molar-refractivity contribution < 1.29 is 4.42 Å². The Bertz CT molecular complexity index is 3310. The van der Waals surface area contributed by atoms with Crippen molar-refractivity contribution in [1.29, 1.82) is 0 Å². The lowest BCUT2D eigenvalue weighted by Crippen LogP contribution is -2.00. The van der Waals surface area contributed by atoms with Crippen LogP contribution < -0.4 is 5.32 Å². The maximum atomic E-state index is 6.13. The number of aromatic nitrogens is 3. The molecule has 300 valence electrons. The van der Waals surface area contributed by atoms with E-state index in [4.69, 9.17) is 19.4 Å². The minimum Gasteiger partial charge on any atom is -0.456 e. The van der Waals surface area contributed by atoms with Crippen molar-refractivity contribution in [3.05, 3.63) is 236 Å². The first kappa shape index (κ1) is 38.8. The molecule has 2 heterocycles. The average molecular weight is 811 g/mol. The maximum absolute atomic E-state index is 6.13. The standard InChI is InChI=1S/C58H42N4O/c1-2-41(42-20-6-3-7-21-42)19-13-12-18-40-32-34-50(43-22-8-4-9-23-43)53(36-40)59-49-29-17-27-46(38-49)45-26-16-28-47(37-45)57-60-56(44-24-10-5-11-25-44)61-58(62-57)48-33-35-55-52(39-48)51-30-14-15-31-54(51)63-55/h2-39,59H,1H3/b18-12+,19-13-,41-2+. The van der Waals surface area contributed by atoms with Crippen molar-refractivity contribution >= 4 is 45.0 Å². The van der Waals surface area contributed by atoms with Crippen LogP contribution in [0.15, 0.2) is 229 Å². The molecule has 0 amide bonds. The number of nitrogens with zero attached hydrogens (tertiary/aromatic N) is 3. The fraction of sp³-hybridized carbons (Fsp3) is 0.0172. The zero-order valence-electron chi connectivity index (χ0n) is 34.7. The Hall–Kier alpha value is -8.41. The van der Waals surface area contributed by atoms with E-state index in [1.165, 1.54) is 11.1 Å². The smallest absolute Gasteiger partial charge is 0.164 e. The van der Waals surface area contributed by atoms with Gasteiger partial charge in [0.05, 0.1) is 0 Å². The highest BCUT2D eigenvalue weighted by atomic mass is 16.3. The Morgan fingerprint density at radius 1 is 0.460 bits per heavy atom. The van der Waals surface area contributed by atoms with Gasteiger partial charge in [0.25, 0.3) is 0 Å². The molecular weight excluding hydrogens is 769 g/mol. The van der Waals surface area contributed by atoms with E-state index in [1.807, 2.05) is 72.8 Å². The summed E-state index contributed by atoms with van der Waals surface area (Å²) in [5.41, 5.74) is 14.2. The fourth-order valence-corrected chi connectivity index (χ4v) is 7.94. The van der Waals surface area contributed by atoms with Crippen LogP contribution in [0.1, 0.15) is 18.1 Å². The Morgan fingerprint density at radius 3 is 1.83 bits per heavy atom.